The number of rotatable bonds is 5. The van der Waals surface area contributed by atoms with Crippen molar-refractivity contribution in [2.45, 2.75) is 32.2 Å². The third-order valence-electron chi connectivity index (χ3n) is 4.26. The Morgan fingerprint density at radius 2 is 1.91 bits per heavy atom. The fourth-order valence-electron chi connectivity index (χ4n) is 3.08. The molecule has 128 valence electrons. The van der Waals surface area contributed by atoms with Crippen LogP contribution < -0.4 is 0 Å². The molecule has 1 aliphatic rings. The van der Waals surface area contributed by atoms with Crippen molar-refractivity contribution in [1.29, 1.82) is 0 Å². The van der Waals surface area contributed by atoms with E-state index >= 15 is 0 Å². The zero-order chi connectivity index (χ0) is 17.0. The van der Waals surface area contributed by atoms with Crippen LogP contribution in [0.15, 0.2) is 24.3 Å². The van der Waals surface area contributed by atoms with Crippen LogP contribution in [-0.2, 0) is 21.2 Å². The third-order valence-corrected chi connectivity index (χ3v) is 5.67. The van der Waals surface area contributed by atoms with Crippen LogP contribution in [0, 0.1) is 5.82 Å². The van der Waals surface area contributed by atoms with Crippen molar-refractivity contribution in [2.24, 2.45) is 0 Å². The standard InChI is InChI=1S/C16H23FN2O3S/c1-3-19(23(2,21)22)14-8-10-18(11-9-14)16(20)12-13-6-4-5-7-15(13)17/h4-7,14H,3,8-12H2,1-2H3. The summed E-state index contributed by atoms with van der Waals surface area (Å²) in [6.07, 6.45) is 2.49. The van der Waals surface area contributed by atoms with Gasteiger partial charge in [0.15, 0.2) is 0 Å². The van der Waals surface area contributed by atoms with Crippen LogP contribution >= 0.6 is 0 Å². The van der Waals surface area contributed by atoms with Gasteiger partial charge in [-0.2, -0.15) is 4.31 Å². The Bertz CT molecular complexity index is 655. The van der Waals surface area contributed by atoms with Gasteiger partial charge in [0.05, 0.1) is 12.7 Å². The lowest BCUT2D eigenvalue weighted by atomic mass is 10.0. The lowest BCUT2D eigenvalue weighted by Crippen LogP contribution is -2.48. The van der Waals surface area contributed by atoms with Gasteiger partial charge in [0.25, 0.3) is 0 Å². The first kappa shape index (κ1) is 17.9. The summed E-state index contributed by atoms with van der Waals surface area (Å²) >= 11 is 0. The molecule has 2 rings (SSSR count). The Hall–Kier alpha value is -1.47. The summed E-state index contributed by atoms with van der Waals surface area (Å²) in [6, 6.07) is 6.21. The van der Waals surface area contributed by atoms with Gasteiger partial charge in [-0.1, -0.05) is 25.1 Å². The first-order valence-corrected chi connectivity index (χ1v) is 9.65. The van der Waals surface area contributed by atoms with Gasteiger partial charge < -0.3 is 4.90 Å². The van der Waals surface area contributed by atoms with Crippen LogP contribution in [0.5, 0.6) is 0 Å². The van der Waals surface area contributed by atoms with Crippen LogP contribution in [0.3, 0.4) is 0 Å². The number of amides is 1. The summed E-state index contributed by atoms with van der Waals surface area (Å²) in [5.41, 5.74) is 0.394. The Morgan fingerprint density at radius 3 is 2.43 bits per heavy atom. The number of benzene rings is 1. The maximum Gasteiger partial charge on any atom is 0.227 e. The molecule has 1 saturated heterocycles. The van der Waals surface area contributed by atoms with E-state index in [-0.39, 0.29) is 24.2 Å². The van der Waals surface area contributed by atoms with Gasteiger partial charge in [0.1, 0.15) is 5.82 Å². The fraction of sp³-hybridized carbons (Fsp3) is 0.562. The number of sulfonamides is 1. The van der Waals surface area contributed by atoms with E-state index in [1.807, 2.05) is 6.92 Å². The van der Waals surface area contributed by atoms with E-state index in [4.69, 9.17) is 0 Å². The van der Waals surface area contributed by atoms with E-state index < -0.39 is 10.0 Å². The molecule has 1 amide bonds. The van der Waals surface area contributed by atoms with Crippen molar-refractivity contribution in [1.82, 2.24) is 9.21 Å². The lowest BCUT2D eigenvalue weighted by Gasteiger charge is -2.37. The summed E-state index contributed by atoms with van der Waals surface area (Å²) in [4.78, 5) is 14.0. The van der Waals surface area contributed by atoms with Crippen LogP contribution in [-0.4, -0.2) is 55.5 Å². The molecule has 1 aromatic carbocycles. The number of likely N-dealkylation sites (tertiary alicyclic amines) is 1. The van der Waals surface area contributed by atoms with Crippen molar-refractivity contribution in [3.05, 3.63) is 35.6 Å². The maximum absolute atomic E-state index is 13.6. The summed E-state index contributed by atoms with van der Waals surface area (Å²) in [5.74, 6) is -0.485. The van der Waals surface area contributed by atoms with Gasteiger partial charge in [-0.25, -0.2) is 12.8 Å². The zero-order valence-corrected chi connectivity index (χ0v) is 14.4. The third kappa shape index (κ3) is 4.51. The van der Waals surface area contributed by atoms with Crippen LogP contribution in [0.4, 0.5) is 4.39 Å². The van der Waals surface area contributed by atoms with Crippen LogP contribution in [0.25, 0.3) is 0 Å². The minimum atomic E-state index is -3.23. The summed E-state index contributed by atoms with van der Waals surface area (Å²) in [7, 11) is -3.23. The molecule has 5 nitrogen and oxygen atoms in total. The second-order valence-corrected chi connectivity index (χ2v) is 7.78. The number of carbonyl (C=O) groups is 1. The van der Waals surface area contributed by atoms with Gasteiger partial charge >= 0.3 is 0 Å². The normalized spacial score (nSPS) is 16.8. The van der Waals surface area contributed by atoms with E-state index in [2.05, 4.69) is 0 Å². The first-order chi connectivity index (χ1) is 10.8. The monoisotopic (exact) mass is 342 g/mol. The molecule has 0 aromatic heterocycles. The average molecular weight is 342 g/mol. The highest BCUT2D eigenvalue weighted by molar-refractivity contribution is 7.88. The molecule has 1 fully saturated rings. The smallest absolute Gasteiger partial charge is 0.227 e. The van der Waals surface area contributed by atoms with E-state index in [0.29, 0.717) is 38.0 Å². The highest BCUT2D eigenvalue weighted by Gasteiger charge is 2.30. The quantitative estimate of drug-likeness (QED) is 0.817. The molecule has 7 heteroatoms. The molecular weight excluding hydrogens is 319 g/mol. The number of carbonyl (C=O) groups excluding carboxylic acids is 1. The Kier molecular flexibility index (Phi) is 5.75. The van der Waals surface area contributed by atoms with E-state index in [9.17, 15) is 17.6 Å². The second-order valence-electron chi connectivity index (χ2n) is 5.85. The van der Waals surface area contributed by atoms with Gasteiger partial charge in [0, 0.05) is 25.7 Å². The molecule has 0 aliphatic carbocycles. The molecule has 1 heterocycles. The second kappa shape index (κ2) is 7.40. The Labute approximate surface area is 137 Å². The van der Waals surface area contributed by atoms with Gasteiger partial charge in [-0.05, 0) is 24.5 Å². The summed E-state index contributed by atoms with van der Waals surface area (Å²) in [6.45, 7) is 3.26. The fourth-order valence-corrected chi connectivity index (χ4v) is 4.30. The SMILES string of the molecule is CCN(C1CCN(C(=O)Cc2ccccc2F)CC1)S(C)(=O)=O. The molecule has 1 aromatic rings. The molecule has 0 N–H and O–H groups in total. The van der Waals surface area contributed by atoms with Crippen molar-refractivity contribution >= 4 is 15.9 Å². The van der Waals surface area contributed by atoms with E-state index in [1.54, 1.807) is 23.1 Å². The number of hydrogen-bond acceptors (Lipinski definition) is 3. The van der Waals surface area contributed by atoms with Gasteiger partial charge in [0.2, 0.25) is 15.9 Å². The highest BCUT2D eigenvalue weighted by Crippen LogP contribution is 2.20. The molecule has 0 unspecified atom stereocenters. The zero-order valence-electron chi connectivity index (χ0n) is 13.5. The van der Waals surface area contributed by atoms with E-state index in [1.165, 1.54) is 16.6 Å². The molecule has 0 bridgehead atoms. The molecule has 0 spiro atoms. The number of piperidine rings is 1. The lowest BCUT2D eigenvalue weighted by molar-refractivity contribution is -0.131. The predicted octanol–water partition coefficient (Wildman–Crippen LogP) is 1.64. The minimum Gasteiger partial charge on any atom is -0.342 e. The Morgan fingerprint density at radius 1 is 1.30 bits per heavy atom. The van der Waals surface area contributed by atoms with Crippen LogP contribution in [0.2, 0.25) is 0 Å². The molecule has 0 saturated carbocycles. The molecule has 0 atom stereocenters. The van der Waals surface area contributed by atoms with Crippen molar-refractivity contribution in [3.8, 4) is 0 Å². The largest absolute Gasteiger partial charge is 0.342 e. The van der Waals surface area contributed by atoms with Gasteiger partial charge in [-0.3, -0.25) is 4.79 Å². The number of nitrogens with zero attached hydrogens (tertiary/aromatic N) is 2. The van der Waals surface area contributed by atoms with Crippen molar-refractivity contribution in [2.75, 3.05) is 25.9 Å². The van der Waals surface area contributed by atoms with Crippen molar-refractivity contribution in [3.63, 3.8) is 0 Å². The Balaban J connectivity index is 1.94. The molecule has 0 radical (unpaired) electrons. The number of hydrogen-bond donors (Lipinski definition) is 0. The number of halogens is 1. The summed E-state index contributed by atoms with van der Waals surface area (Å²) < 4.78 is 38.6. The highest BCUT2D eigenvalue weighted by atomic mass is 32.2. The minimum absolute atomic E-state index is 0.0426. The molecule has 23 heavy (non-hydrogen) atoms. The van der Waals surface area contributed by atoms with Crippen LogP contribution in [0.1, 0.15) is 25.3 Å². The van der Waals surface area contributed by atoms with Crippen molar-refractivity contribution < 1.29 is 17.6 Å². The summed E-state index contributed by atoms with van der Waals surface area (Å²) in [5, 5.41) is 0. The van der Waals surface area contributed by atoms with E-state index in [0.717, 1.165) is 0 Å². The molecule has 1 aliphatic heterocycles. The molecular formula is C16H23FN2O3S. The topological polar surface area (TPSA) is 57.7 Å². The average Bonchev–Trinajstić information content (AvgIpc) is 2.49. The first-order valence-electron chi connectivity index (χ1n) is 7.81. The van der Waals surface area contributed by atoms with Gasteiger partial charge in [-0.15, -0.1) is 0 Å². The predicted molar refractivity (Wildman–Crippen MR) is 86.9 cm³/mol. The maximum atomic E-state index is 13.6.